The van der Waals surface area contributed by atoms with Gasteiger partial charge in [-0.05, 0) is 41.1 Å². The predicted octanol–water partition coefficient (Wildman–Crippen LogP) is 2.31. The topological polar surface area (TPSA) is 66.4 Å². The van der Waals surface area contributed by atoms with Gasteiger partial charge in [-0.15, -0.1) is 0 Å². The molecule has 2 N–H and O–H groups in total. The van der Waals surface area contributed by atoms with Crippen LogP contribution in [0.15, 0.2) is 22.7 Å². The van der Waals surface area contributed by atoms with E-state index in [1.807, 2.05) is 0 Å². The molecule has 6 heteroatoms. The number of aliphatic carboxylic acids is 1. The van der Waals surface area contributed by atoms with Crippen molar-refractivity contribution in [2.75, 3.05) is 0 Å². The number of hydrogen-bond acceptors (Lipinski definition) is 2. The molecule has 0 aliphatic rings. The minimum atomic E-state index is -1.09. The summed E-state index contributed by atoms with van der Waals surface area (Å²) < 4.78 is 0.562. The smallest absolute Gasteiger partial charge is 0.325 e. The van der Waals surface area contributed by atoms with Crippen LogP contribution in [0.3, 0.4) is 0 Å². The number of rotatable bonds is 3. The third kappa shape index (κ3) is 3.21. The van der Waals surface area contributed by atoms with Crippen LogP contribution in [-0.2, 0) is 4.79 Å². The number of benzene rings is 1. The molecule has 1 amide bonds. The Bertz CT molecular complexity index is 436. The lowest BCUT2D eigenvalue weighted by atomic mass is 10.2. The van der Waals surface area contributed by atoms with Crippen molar-refractivity contribution in [1.29, 1.82) is 0 Å². The first-order valence-electron chi connectivity index (χ1n) is 4.40. The zero-order valence-corrected chi connectivity index (χ0v) is 10.7. The van der Waals surface area contributed by atoms with E-state index in [1.54, 1.807) is 12.1 Å². The average molecular weight is 307 g/mol. The lowest BCUT2D eigenvalue weighted by molar-refractivity contribution is -0.138. The maximum atomic E-state index is 11.7. The van der Waals surface area contributed by atoms with Gasteiger partial charge in [-0.1, -0.05) is 11.6 Å². The standard InChI is InChI=1S/C10H9BrClNO3/c1-5(10(15)16)13-9(14)7-4-6(12)2-3-8(7)11/h2-5H,1H3,(H,13,14)(H,15,16). The molecule has 4 nitrogen and oxygen atoms in total. The fourth-order valence-electron chi connectivity index (χ4n) is 1.01. The lowest BCUT2D eigenvalue weighted by Gasteiger charge is -2.10. The molecule has 0 radical (unpaired) electrons. The number of halogens is 2. The summed E-state index contributed by atoms with van der Waals surface area (Å²) in [5.74, 6) is -1.57. The first kappa shape index (κ1) is 13.0. The second-order valence-corrected chi connectivity index (χ2v) is 4.45. The number of carbonyl (C=O) groups is 2. The van der Waals surface area contributed by atoms with Crippen LogP contribution < -0.4 is 5.32 Å². The van der Waals surface area contributed by atoms with E-state index in [0.29, 0.717) is 15.1 Å². The summed E-state index contributed by atoms with van der Waals surface area (Å²) in [5, 5.41) is 11.4. The Morgan fingerprint density at radius 3 is 2.69 bits per heavy atom. The monoisotopic (exact) mass is 305 g/mol. The van der Waals surface area contributed by atoms with Gasteiger partial charge in [0.05, 0.1) is 5.56 Å². The first-order valence-corrected chi connectivity index (χ1v) is 5.57. The second-order valence-electron chi connectivity index (χ2n) is 3.16. The van der Waals surface area contributed by atoms with Crippen LogP contribution >= 0.6 is 27.5 Å². The number of carboxylic acid groups (broad SMARTS) is 1. The first-order chi connectivity index (χ1) is 7.41. The molecule has 16 heavy (non-hydrogen) atoms. The highest BCUT2D eigenvalue weighted by Crippen LogP contribution is 2.21. The van der Waals surface area contributed by atoms with Gasteiger partial charge in [0.15, 0.2) is 0 Å². The minimum Gasteiger partial charge on any atom is -0.480 e. The fraction of sp³-hybridized carbons (Fsp3) is 0.200. The fourth-order valence-corrected chi connectivity index (χ4v) is 1.61. The number of carbonyl (C=O) groups excluding carboxylic acids is 1. The second kappa shape index (κ2) is 5.32. The van der Waals surface area contributed by atoms with Gasteiger partial charge >= 0.3 is 5.97 Å². The van der Waals surface area contributed by atoms with Gasteiger partial charge in [-0.25, -0.2) is 0 Å². The van der Waals surface area contributed by atoms with E-state index in [2.05, 4.69) is 21.2 Å². The lowest BCUT2D eigenvalue weighted by Crippen LogP contribution is -2.38. The van der Waals surface area contributed by atoms with Gasteiger partial charge in [0, 0.05) is 9.50 Å². The quantitative estimate of drug-likeness (QED) is 0.900. The Balaban J connectivity index is 2.88. The van der Waals surface area contributed by atoms with E-state index in [9.17, 15) is 9.59 Å². The highest BCUT2D eigenvalue weighted by Gasteiger charge is 2.17. The van der Waals surface area contributed by atoms with E-state index in [0.717, 1.165) is 0 Å². The van der Waals surface area contributed by atoms with E-state index in [-0.39, 0.29) is 0 Å². The molecule has 0 aliphatic heterocycles. The molecule has 0 aromatic heterocycles. The van der Waals surface area contributed by atoms with Crippen LogP contribution in [0.4, 0.5) is 0 Å². The Kier molecular flexibility index (Phi) is 4.32. The molecule has 86 valence electrons. The van der Waals surface area contributed by atoms with Gasteiger partial charge in [0.2, 0.25) is 0 Å². The Hall–Kier alpha value is -1.07. The Morgan fingerprint density at radius 2 is 2.12 bits per heavy atom. The number of nitrogens with one attached hydrogen (secondary N) is 1. The van der Waals surface area contributed by atoms with Gasteiger partial charge in [-0.3, -0.25) is 9.59 Å². The van der Waals surface area contributed by atoms with E-state index in [4.69, 9.17) is 16.7 Å². The molecular weight excluding hydrogens is 297 g/mol. The van der Waals surface area contributed by atoms with Crippen LogP contribution in [0.2, 0.25) is 5.02 Å². The molecule has 0 saturated heterocycles. The van der Waals surface area contributed by atoms with Crippen molar-refractivity contribution in [2.45, 2.75) is 13.0 Å². The minimum absolute atomic E-state index is 0.306. The summed E-state index contributed by atoms with van der Waals surface area (Å²) >= 11 is 8.93. The molecule has 1 atom stereocenters. The zero-order valence-electron chi connectivity index (χ0n) is 8.33. The van der Waals surface area contributed by atoms with Crippen LogP contribution in [0.25, 0.3) is 0 Å². The van der Waals surface area contributed by atoms with Crippen LogP contribution in [-0.4, -0.2) is 23.0 Å². The van der Waals surface area contributed by atoms with Gasteiger partial charge in [-0.2, -0.15) is 0 Å². The zero-order chi connectivity index (χ0) is 12.3. The summed E-state index contributed by atoms with van der Waals surface area (Å²) in [6, 6.07) is 3.78. The molecule has 1 aromatic carbocycles. The summed E-state index contributed by atoms with van der Waals surface area (Å²) in [4.78, 5) is 22.2. The van der Waals surface area contributed by atoms with Crippen molar-refractivity contribution in [1.82, 2.24) is 5.32 Å². The number of hydrogen-bond donors (Lipinski definition) is 2. The van der Waals surface area contributed by atoms with Crippen LogP contribution in [0.5, 0.6) is 0 Å². The molecule has 0 fully saturated rings. The molecule has 0 bridgehead atoms. The van der Waals surface area contributed by atoms with E-state index >= 15 is 0 Å². The SMILES string of the molecule is CC(NC(=O)c1cc(Cl)ccc1Br)C(=O)O. The van der Waals surface area contributed by atoms with E-state index < -0.39 is 17.9 Å². The largest absolute Gasteiger partial charge is 0.480 e. The molecule has 1 aromatic rings. The Morgan fingerprint density at radius 1 is 1.50 bits per heavy atom. The number of amides is 1. The molecular formula is C10H9BrClNO3. The third-order valence-electron chi connectivity index (χ3n) is 1.89. The summed E-state index contributed by atoms with van der Waals surface area (Å²) in [6.45, 7) is 1.39. The molecule has 0 spiro atoms. The Labute approximate surface area is 106 Å². The summed E-state index contributed by atoms with van der Waals surface area (Å²) in [7, 11) is 0. The third-order valence-corrected chi connectivity index (χ3v) is 2.82. The maximum Gasteiger partial charge on any atom is 0.325 e. The van der Waals surface area contributed by atoms with Crippen molar-refractivity contribution >= 4 is 39.4 Å². The molecule has 1 unspecified atom stereocenters. The van der Waals surface area contributed by atoms with Gasteiger partial charge in [0.1, 0.15) is 6.04 Å². The van der Waals surface area contributed by atoms with Crippen molar-refractivity contribution in [2.24, 2.45) is 0 Å². The van der Waals surface area contributed by atoms with Crippen molar-refractivity contribution in [3.05, 3.63) is 33.3 Å². The predicted molar refractivity (Wildman–Crippen MR) is 63.7 cm³/mol. The molecule has 1 rings (SSSR count). The molecule has 0 aliphatic carbocycles. The summed E-state index contributed by atoms with van der Waals surface area (Å²) in [5.41, 5.74) is 0.306. The van der Waals surface area contributed by atoms with Crippen molar-refractivity contribution in [3.8, 4) is 0 Å². The highest BCUT2D eigenvalue weighted by atomic mass is 79.9. The maximum absolute atomic E-state index is 11.7. The molecule has 0 heterocycles. The van der Waals surface area contributed by atoms with Gasteiger partial charge in [0.25, 0.3) is 5.91 Å². The van der Waals surface area contributed by atoms with Crippen LogP contribution in [0, 0.1) is 0 Å². The average Bonchev–Trinajstić information content (AvgIpc) is 2.21. The van der Waals surface area contributed by atoms with Gasteiger partial charge < -0.3 is 10.4 Å². The van der Waals surface area contributed by atoms with Crippen LogP contribution in [0.1, 0.15) is 17.3 Å². The van der Waals surface area contributed by atoms with E-state index in [1.165, 1.54) is 13.0 Å². The number of carboxylic acids is 1. The summed E-state index contributed by atoms with van der Waals surface area (Å²) in [6.07, 6.45) is 0. The van der Waals surface area contributed by atoms with Crippen molar-refractivity contribution in [3.63, 3.8) is 0 Å². The normalized spacial score (nSPS) is 11.9. The highest BCUT2D eigenvalue weighted by molar-refractivity contribution is 9.10. The molecule has 0 saturated carbocycles. The van der Waals surface area contributed by atoms with Crippen molar-refractivity contribution < 1.29 is 14.7 Å².